The summed E-state index contributed by atoms with van der Waals surface area (Å²) in [5.74, 6) is 3.04. The number of nitro groups is 1. The van der Waals surface area contributed by atoms with Crippen molar-refractivity contribution in [2.24, 2.45) is 5.29 Å². The Balaban J connectivity index is 2.41. The van der Waals surface area contributed by atoms with Gasteiger partial charge in [0.2, 0.25) is 0 Å². The van der Waals surface area contributed by atoms with Crippen LogP contribution in [0.1, 0.15) is 11.5 Å². The van der Waals surface area contributed by atoms with Gasteiger partial charge in [-0.3, -0.25) is 10.1 Å². The highest BCUT2D eigenvalue weighted by Crippen LogP contribution is 2.17. The van der Waals surface area contributed by atoms with Gasteiger partial charge in [-0.25, -0.2) is 5.01 Å². The third kappa shape index (κ3) is 7.15. The van der Waals surface area contributed by atoms with Crippen LogP contribution in [0.5, 0.6) is 0 Å². The largest absolute Gasteiger partial charge is 0.464 e. The summed E-state index contributed by atoms with van der Waals surface area (Å²) in [6.07, 6.45) is 0.714. The molecule has 0 saturated heterocycles. The summed E-state index contributed by atoms with van der Waals surface area (Å²) in [6.45, 7) is 1.00. The molecule has 0 aliphatic carbocycles. The van der Waals surface area contributed by atoms with Crippen LogP contribution in [-0.2, 0) is 12.3 Å². The molecule has 0 unspecified atom stereocenters. The molecule has 23 heavy (non-hydrogen) atoms. The standard InChI is InChI=1S/C13H21N5O4S/c1-14-13(9-18(20)21)17(15-19)6-7-23-10-12-5-4-11(22-12)8-16(2)3/h4-5,9,14H,6-8,10H2,1-3H3. The number of rotatable bonds is 11. The van der Waals surface area contributed by atoms with E-state index in [1.165, 1.54) is 7.05 Å². The van der Waals surface area contributed by atoms with Gasteiger partial charge in [0.1, 0.15) is 11.5 Å². The Morgan fingerprint density at radius 3 is 2.74 bits per heavy atom. The average Bonchev–Trinajstić information content (AvgIpc) is 2.91. The smallest absolute Gasteiger partial charge is 0.276 e. The van der Waals surface area contributed by atoms with Gasteiger partial charge >= 0.3 is 0 Å². The second-order valence-electron chi connectivity index (χ2n) is 4.91. The second-order valence-corrected chi connectivity index (χ2v) is 6.02. The van der Waals surface area contributed by atoms with Crippen LogP contribution < -0.4 is 5.32 Å². The Morgan fingerprint density at radius 2 is 2.17 bits per heavy atom. The predicted molar refractivity (Wildman–Crippen MR) is 88.9 cm³/mol. The van der Waals surface area contributed by atoms with Crippen molar-refractivity contribution in [1.29, 1.82) is 0 Å². The molecular weight excluding hydrogens is 322 g/mol. The minimum atomic E-state index is -0.633. The third-order valence-electron chi connectivity index (χ3n) is 2.74. The van der Waals surface area contributed by atoms with Gasteiger partial charge in [0.15, 0.2) is 5.82 Å². The van der Waals surface area contributed by atoms with Crippen molar-refractivity contribution in [3.05, 3.63) is 50.7 Å². The molecule has 9 nitrogen and oxygen atoms in total. The number of nitrogens with zero attached hydrogens (tertiary/aromatic N) is 4. The van der Waals surface area contributed by atoms with E-state index in [-0.39, 0.29) is 12.4 Å². The van der Waals surface area contributed by atoms with Crippen LogP contribution in [0.15, 0.2) is 33.9 Å². The maximum Gasteiger partial charge on any atom is 0.276 e. The summed E-state index contributed by atoms with van der Waals surface area (Å²) in [7, 11) is 5.43. The molecule has 0 bridgehead atoms. The zero-order valence-corrected chi connectivity index (χ0v) is 14.2. The summed E-state index contributed by atoms with van der Waals surface area (Å²) in [5, 5.41) is 16.9. The van der Waals surface area contributed by atoms with E-state index in [2.05, 4.69) is 10.6 Å². The van der Waals surface area contributed by atoms with Gasteiger partial charge in [0, 0.05) is 12.8 Å². The van der Waals surface area contributed by atoms with Crippen LogP contribution in [0.4, 0.5) is 0 Å². The van der Waals surface area contributed by atoms with Crippen molar-refractivity contribution in [2.75, 3.05) is 33.4 Å². The van der Waals surface area contributed by atoms with Crippen molar-refractivity contribution >= 4 is 11.8 Å². The van der Waals surface area contributed by atoms with Gasteiger partial charge in [0.05, 0.1) is 29.1 Å². The maximum absolute atomic E-state index is 10.8. The van der Waals surface area contributed by atoms with Gasteiger partial charge in [-0.1, -0.05) is 0 Å². The monoisotopic (exact) mass is 343 g/mol. The highest BCUT2D eigenvalue weighted by atomic mass is 32.2. The number of nitrogens with one attached hydrogen (secondary N) is 1. The molecule has 0 aromatic carbocycles. The van der Waals surface area contributed by atoms with E-state index in [1.54, 1.807) is 11.8 Å². The summed E-state index contributed by atoms with van der Waals surface area (Å²) < 4.78 is 5.67. The molecule has 0 radical (unpaired) electrons. The highest BCUT2D eigenvalue weighted by molar-refractivity contribution is 7.98. The molecule has 0 aliphatic heterocycles. The number of hydrogen-bond donors (Lipinski definition) is 1. The van der Waals surface area contributed by atoms with Gasteiger partial charge < -0.3 is 14.6 Å². The average molecular weight is 343 g/mol. The first kappa shape index (κ1) is 19.0. The fourth-order valence-electron chi connectivity index (χ4n) is 1.79. The lowest BCUT2D eigenvalue weighted by Gasteiger charge is -2.15. The Hall–Kier alpha value is -2.07. The molecule has 1 aromatic rings. The Morgan fingerprint density at radius 1 is 1.48 bits per heavy atom. The van der Waals surface area contributed by atoms with Crippen molar-refractivity contribution in [1.82, 2.24) is 15.2 Å². The summed E-state index contributed by atoms with van der Waals surface area (Å²) >= 11 is 1.56. The van der Waals surface area contributed by atoms with E-state index in [9.17, 15) is 15.0 Å². The van der Waals surface area contributed by atoms with Crippen molar-refractivity contribution in [2.45, 2.75) is 12.3 Å². The van der Waals surface area contributed by atoms with Crippen molar-refractivity contribution < 1.29 is 9.34 Å². The molecule has 0 spiro atoms. The van der Waals surface area contributed by atoms with Gasteiger partial charge in [-0.15, -0.1) is 4.91 Å². The van der Waals surface area contributed by atoms with Crippen LogP contribution in [0.2, 0.25) is 0 Å². The van der Waals surface area contributed by atoms with E-state index < -0.39 is 4.92 Å². The molecule has 0 aliphatic rings. The van der Waals surface area contributed by atoms with Crippen LogP contribution >= 0.6 is 11.8 Å². The second kappa shape index (κ2) is 9.85. The van der Waals surface area contributed by atoms with E-state index in [1.807, 2.05) is 31.1 Å². The van der Waals surface area contributed by atoms with Gasteiger partial charge in [-0.2, -0.15) is 11.8 Å². The molecule has 0 atom stereocenters. The normalized spacial score (nSPS) is 11.6. The van der Waals surface area contributed by atoms with Crippen LogP contribution in [0.3, 0.4) is 0 Å². The first-order valence-corrected chi connectivity index (χ1v) is 8.05. The fourth-order valence-corrected chi connectivity index (χ4v) is 2.59. The summed E-state index contributed by atoms with van der Waals surface area (Å²) in [4.78, 5) is 22.7. The fraction of sp³-hybridized carbons (Fsp3) is 0.538. The Labute approximate surface area is 138 Å². The molecule has 1 rings (SSSR count). The molecule has 128 valence electrons. The van der Waals surface area contributed by atoms with E-state index >= 15 is 0 Å². The van der Waals surface area contributed by atoms with Crippen molar-refractivity contribution in [3.63, 3.8) is 0 Å². The number of hydrogen-bond acceptors (Lipinski definition) is 8. The lowest BCUT2D eigenvalue weighted by atomic mass is 10.4. The van der Waals surface area contributed by atoms with Crippen molar-refractivity contribution in [3.8, 4) is 0 Å². The number of thioether (sulfide) groups is 1. The third-order valence-corrected chi connectivity index (χ3v) is 3.70. The van der Waals surface area contributed by atoms with Crippen LogP contribution in [0.25, 0.3) is 0 Å². The molecule has 0 saturated carbocycles. The lowest BCUT2D eigenvalue weighted by molar-refractivity contribution is -0.404. The topological polar surface area (TPSA) is 104 Å². The van der Waals surface area contributed by atoms with E-state index in [0.29, 0.717) is 17.7 Å². The predicted octanol–water partition coefficient (Wildman–Crippen LogP) is 1.85. The SMILES string of the molecule is CNC(=C[N+](=O)[O-])N(CCSCc1ccc(CN(C)C)o1)N=O. The molecule has 1 N–H and O–H groups in total. The molecular formula is C13H21N5O4S. The molecule has 1 aromatic heterocycles. The van der Waals surface area contributed by atoms with Crippen LogP contribution in [0, 0.1) is 15.0 Å². The van der Waals surface area contributed by atoms with E-state index in [4.69, 9.17) is 4.42 Å². The Bertz CT molecular complexity index is 546. The van der Waals surface area contributed by atoms with Gasteiger partial charge in [-0.05, 0) is 26.2 Å². The minimum Gasteiger partial charge on any atom is -0.464 e. The first-order chi connectivity index (χ1) is 11.0. The quantitative estimate of drug-likeness (QED) is 0.281. The van der Waals surface area contributed by atoms with E-state index in [0.717, 1.165) is 23.1 Å². The maximum atomic E-state index is 10.8. The van der Waals surface area contributed by atoms with Gasteiger partial charge in [0.25, 0.3) is 6.20 Å². The first-order valence-electron chi connectivity index (χ1n) is 6.90. The summed E-state index contributed by atoms with van der Waals surface area (Å²) in [6, 6.07) is 3.86. The molecule has 1 heterocycles. The molecule has 10 heteroatoms. The summed E-state index contributed by atoms with van der Waals surface area (Å²) in [5.41, 5.74) is 0. The lowest BCUT2D eigenvalue weighted by Crippen LogP contribution is -2.28. The molecule has 0 amide bonds. The molecule has 0 fully saturated rings. The minimum absolute atomic E-state index is 0.0527. The highest BCUT2D eigenvalue weighted by Gasteiger charge is 2.12. The number of nitroso groups, excluding NO2 is 1. The zero-order chi connectivity index (χ0) is 17.2. The number of furan rings is 1. The Kier molecular flexibility index (Phi) is 8.13. The zero-order valence-electron chi connectivity index (χ0n) is 13.4. The van der Waals surface area contributed by atoms with Crippen LogP contribution in [-0.4, -0.2) is 48.3 Å².